The minimum Gasteiger partial charge on any atom is -0.304 e. The zero-order chi connectivity index (χ0) is 10.7. The molecule has 1 nitrogen and oxygen atoms in total. The first-order valence-electron chi connectivity index (χ1n) is 4.63. The van der Waals surface area contributed by atoms with E-state index in [2.05, 4.69) is 5.32 Å². The van der Waals surface area contributed by atoms with Crippen molar-refractivity contribution in [3.8, 4) is 0 Å². The molecule has 13 heavy (non-hydrogen) atoms. The average Bonchev–Trinajstić information content (AvgIpc) is 1.96. The van der Waals surface area contributed by atoms with Crippen molar-refractivity contribution >= 4 is 0 Å². The maximum absolute atomic E-state index is 12.8. The highest BCUT2D eigenvalue weighted by molar-refractivity contribution is 4.96. The van der Waals surface area contributed by atoms with E-state index < -0.39 is 17.6 Å². The lowest BCUT2D eigenvalue weighted by molar-refractivity contribution is -0.210. The molecule has 0 fully saturated rings. The van der Waals surface area contributed by atoms with Gasteiger partial charge in [-0.25, -0.2) is 0 Å². The van der Waals surface area contributed by atoms with Crippen LogP contribution in [0.25, 0.3) is 0 Å². The van der Waals surface area contributed by atoms with Crippen LogP contribution in [0.3, 0.4) is 0 Å². The number of rotatable bonds is 4. The normalized spacial score (nSPS) is 17.5. The van der Waals surface area contributed by atoms with Gasteiger partial charge in [0.1, 0.15) is 5.54 Å². The van der Waals surface area contributed by atoms with E-state index in [1.807, 2.05) is 0 Å². The predicted octanol–water partition coefficient (Wildman–Crippen LogP) is 2.96. The molecule has 4 heteroatoms. The molecule has 0 spiro atoms. The first kappa shape index (κ1) is 12.8. The first-order valence-corrected chi connectivity index (χ1v) is 4.63. The third kappa shape index (κ3) is 2.36. The molecule has 0 bridgehead atoms. The number of hydrogen-bond acceptors (Lipinski definition) is 1. The van der Waals surface area contributed by atoms with E-state index in [-0.39, 0.29) is 6.42 Å². The van der Waals surface area contributed by atoms with E-state index in [4.69, 9.17) is 0 Å². The third-order valence-electron chi connectivity index (χ3n) is 2.54. The van der Waals surface area contributed by atoms with Gasteiger partial charge in [-0.2, -0.15) is 13.2 Å². The fraction of sp³-hybridized carbons (Fsp3) is 1.00. The first-order chi connectivity index (χ1) is 5.81. The smallest absolute Gasteiger partial charge is 0.304 e. The Balaban J connectivity index is 4.87. The Hall–Kier alpha value is -0.250. The molecule has 0 aliphatic rings. The van der Waals surface area contributed by atoms with E-state index in [0.717, 1.165) is 0 Å². The van der Waals surface area contributed by atoms with Crippen molar-refractivity contribution < 1.29 is 13.2 Å². The minimum absolute atomic E-state index is 0.0714. The number of halogens is 3. The van der Waals surface area contributed by atoms with Crippen molar-refractivity contribution in [2.24, 2.45) is 5.92 Å². The molecule has 1 atom stereocenters. The van der Waals surface area contributed by atoms with Crippen molar-refractivity contribution in [3.05, 3.63) is 0 Å². The highest BCUT2D eigenvalue weighted by Gasteiger charge is 2.54. The standard InChI is InChI=1S/C9H18F3N/c1-5-8(7(3)4,13-6-2)9(10,11)12/h7,13H,5-6H2,1-4H3. The summed E-state index contributed by atoms with van der Waals surface area (Å²) in [5, 5.41) is 2.56. The topological polar surface area (TPSA) is 12.0 Å². The van der Waals surface area contributed by atoms with Crippen molar-refractivity contribution in [2.45, 2.75) is 45.8 Å². The molecule has 1 N–H and O–H groups in total. The summed E-state index contributed by atoms with van der Waals surface area (Å²) in [4.78, 5) is 0. The number of hydrogen-bond donors (Lipinski definition) is 1. The second-order valence-corrected chi connectivity index (χ2v) is 3.51. The molecule has 0 aromatic carbocycles. The molecule has 0 saturated heterocycles. The molecular weight excluding hydrogens is 179 g/mol. The lowest BCUT2D eigenvalue weighted by Crippen LogP contribution is -2.59. The molecule has 80 valence electrons. The van der Waals surface area contributed by atoms with Gasteiger partial charge in [-0.3, -0.25) is 0 Å². The van der Waals surface area contributed by atoms with E-state index in [9.17, 15) is 13.2 Å². The molecule has 0 aliphatic carbocycles. The molecule has 0 radical (unpaired) electrons. The summed E-state index contributed by atoms with van der Waals surface area (Å²) in [6, 6.07) is 0. The zero-order valence-corrected chi connectivity index (χ0v) is 8.63. The second-order valence-electron chi connectivity index (χ2n) is 3.51. The van der Waals surface area contributed by atoms with Crippen LogP contribution in [0.2, 0.25) is 0 Å². The fourth-order valence-electron chi connectivity index (χ4n) is 1.68. The summed E-state index contributed by atoms with van der Waals surface area (Å²) in [5.41, 5.74) is -1.72. The Labute approximate surface area is 77.7 Å². The van der Waals surface area contributed by atoms with Crippen LogP contribution in [0.4, 0.5) is 13.2 Å². The molecule has 0 aromatic rings. The molecule has 0 rings (SSSR count). The van der Waals surface area contributed by atoms with Gasteiger partial charge in [0.2, 0.25) is 0 Å². The Morgan fingerprint density at radius 1 is 1.15 bits per heavy atom. The van der Waals surface area contributed by atoms with Gasteiger partial charge in [0.15, 0.2) is 0 Å². The van der Waals surface area contributed by atoms with Crippen molar-refractivity contribution in [3.63, 3.8) is 0 Å². The molecule has 0 aromatic heterocycles. The predicted molar refractivity (Wildman–Crippen MR) is 47.6 cm³/mol. The van der Waals surface area contributed by atoms with Crippen molar-refractivity contribution in [2.75, 3.05) is 6.54 Å². The van der Waals surface area contributed by atoms with Crippen LogP contribution >= 0.6 is 0 Å². The second kappa shape index (κ2) is 4.31. The van der Waals surface area contributed by atoms with Crippen LogP contribution in [0.1, 0.15) is 34.1 Å². The summed E-state index contributed by atoms with van der Waals surface area (Å²) < 4.78 is 38.3. The van der Waals surface area contributed by atoms with E-state index in [1.54, 1.807) is 27.7 Å². The quantitative estimate of drug-likeness (QED) is 0.730. The number of alkyl halides is 3. The highest BCUT2D eigenvalue weighted by atomic mass is 19.4. The van der Waals surface area contributed by atoms with Gasteiger partial charge in [-0.1, -0.05) is 27.7 Å². The van der Waals surface area contributed by atoms with Crippen molar-refractivity contribution in [1.82, 2.24) is 5.32 Å². The lowest BCUT2D eigenvalue weighted by atomic mass is 9.83. The summed E-state index contributed by atoms with van der Waals surface area (Å²) in [7, 11) is 0. The Bertz CT molecular complexity index is 153. The van der Waals surface area contributed by atoms with E-state index >= 15 is 0 Å². The molecular formula is C9H18F3N. The average molecular weight is 197 g/mol. The van der Waals surface area contributed by atoms with E-state index in [1.165, 1.54) is 0 Å². The largest absolute Gasteiger partial charge is 0.406 e. The summed E-state index contributed by atoms with van der Waals surface area (Å²) in [6.07, 6.45) is -4.10. The van der Waals surface area contributed by atoms with Crippen LogP contribution < -0.4 is 5.32 Å². The zero-order valence-electron chi connectivity index (χ0n) is 8.63. The Morgan fingerprint density at radius 3 is 1.69 bits per heavy atom. The highest BCUT2D eigenvalue weighted by Crippen LogP contribution is 2.38. The van der Waals surface area contributed by atoms with Crippen molar-refractivity contribution in [1.29, 1.82) is 0 Å². The van der Waals surface area contributed by atoms with Crippen LogP contribution in [-0.4, -0.2) is 18.3 Å². The molecule has 0 heterocycles. The Morgan fingerprint density at radius 2 is 1.62 bits per heavy atom. The Kier molecular flexibility index (Phi) is 4.23. The number of nitrogens with one attached hydrogen (secondary N) is 1. The monoisotopic (exact) mass is 197 g/mol. The fourth-order valence-corrected chi connectivity index (χ4v) is 1.68. The molecule has 0 amide bonds. The SMILES string of the molecule is CCNC(CC)(C(C)C)C(F)(F)F. The van der Waals surface area contributed by atoms with Gasteiger partial charge in [0.05, 0.1) is 0 Å². The maximum Gasteiger partial charge on any atom is 0.406 e. The van der Waals surface area contributed by atoms with Crippen LogP contribution in [0.5, 0.6) is 0 Å². The van der Waals surface area contributed by atoms with Gasteiger partial charge in [-0.05, 0) is 18.9 Å². The summed E-state index contributed by atoms with van der Waals surface area (Å²) in [6.45, 7) is 6.79. The van der Waals surface area contributed by atoms with Gasteiger partial charge >= 0.3 is 6.18 Å². The summed E-state index contributed by atoms with van der Waals surface area (Å²) in [5.74, 6) is -0.447. The van der Waals surface area contributed by atoms with Crippen LogP contribution in [-0.2, 0) is 0 Å². The molecule has 0 aliphatic heterocycles. The minimum atomic E-state index is -4.17. The van der Waals surface area contributed by atoms with E-state index in [0.29, 0.717) is 6.54 Å². The molecule has 1 unspecified atom stereocenters. The third-order valence-corrected chi connectivity index (χ3v) is 2.54. The van der Waals surface area contributed by atoms with Crippen LogP contribution in [0.15, 0.2) is 0 Å². The summed E-state index contributed by atoms with van der Waals surface area (Å²) >= 11 is 0. The van der Waals surface area contributed by atoms with Gasteiger partial charge < -0.3 is 5.32 Å². The molecule has 0 saturated carbocycles. The van der Waals surface area contributed by atoms with Gasteiger partial charge in [-0.15, -0.1) is 0 Å². The maximum atomic E-state index is 12.8. The lowest BCUT2D eigenvalue weighted by Gasteiger charge is -2.39. The van der Waals surface area contributed by atoms with Gasteiger partial charge in [0, 0.05) is 0 Å². The van der Waals surface area contributed by atoms with Crippen LogP contribution in [0, 0.1) is 5.92 Å². The van der Waals surface area contributed by atoms with Gasteiger partial charge in [0.25, 0.3) is 0 Å².